The van der Waals surface area contributed by atoms with Gasteiger partial charge in [-0.2, -0.15) is 0 Å². The summed E-state index contributed by atoms with van der Waals surface area (Å²) in [7, 11) is 0. The van der Waals surface area contributed by atoms with E-state index in [1.807, 2.05) is 23.1 Å². The van der Waals surface area contributed by atoms with Crippen molar-refractivity contribution in [2.75, 3.05) is 19.6 Å². The average molecular weight is 427 g/mol. The molecule has 1 aliphatic rings. The van der Waals surface area contributed by atoms with Gasteiger partial charge in [0.2, 0.25) is 5.91 Å². The number of nitrogens with zero attached hydrogens (tertiary/aromatic N) is 3. The van der Waals surface area contributed by atoms with Crippen LogP contribution in [0.3, 0.4) is 0 Å². The molecule has 1 unspecified atom stereocenters. The third-order valence-electron chi connectivity index (χ3n) is 5.63. The molecular weight excluding hydrogens is 400 g/mol. The molecule has 7 heteroatoms. The Kier molecular flexibility index (Phi) is 7.24. The minimum atomic E-state index is -0.101. The van der Waals surface area contributed by atoms with E-state index in [0.717, 1.165) is 25.1 Å². The topological polar surface area (TPSA) is 67.2 Å². The first-order valence-electron chi connectivity index (χ1n) is 10.2. The molecule has 1 amide bonds. The van der Waals surface area contributed by atoms with Gasteiger partial charge in [-0.3, -0.25) is 14.2 Å². The van der Waals surface area contributed by atoms with Crippen molar-refractivity contribution in [3.05, 3.63) is 76.3 Å². The number of hydrogen-bond acceptors (Lipinski definition) is 4. The molecular formula is C23H27ClN4O2. The van der Waals surface area contributed by atoms with E-state index in [1.165, 1.54) is 16.5 Å². The number of halogens is 1. The summed E-state index contributed by atoms with van der Waals surface area (Å²) < 4.78 is 1.54. The molecule has 3 aromatic rings. The molecule has 2 aromatic carbocycles. The largest absolute Gasteiger partial charge is 0.333 e. The number of piperazine rings is 1. The van der Waals surface area contributed by atoms with Crippen molar-refractivity contribution in [1.82, 2.24) is 19.8 Å². The molecule has 0 aliphatic carbocycles. The molecule has 1 aliphatic heterocycles. The van der Waals surface area contributed by atoms with Crippen LogP contribution in [-0.2, 0) is 17.8 Å². The summed E-state index contributed by atoms with van der Waals surface area (Å²) in [6, 6.07) is 15.8. The maximum atomic E-state index is 13.0. The Morgan fingerprint density at radius 1 is 1.17 bits per heavy atom. The number of benzene rings is 2. The van der Waals surface area contributed by atoms with E-state index in [4.69, 9.17) is 0 Å². The number of aryl methyl sites for hydroxylation is 2. The van der Waals surface area contributed by atoms with Crippen molar-refractivity contribution < 1.29 is 4.79 Å². The highest BCUT2D eigenvalue weighted by Crippen LogP contribution is 2.23. The standard InChI is InChI=1S/C23H26N4O2.ClH/c1-2-17-7-9-18(10-8-17)21-15-24-12-14-27(21)22(28)11-13-26-16-25-20-6-4-3-5-19(20)23(26)29;/h3-10,16,21,24H,2,11-15H2,1H3;1H. The third kappa shape index (κ3) is 4.55. The van der Waals surface area contributed by atoms with Crippen LogP contribution in [0.1, 0.15) is 30.5 Å². The van der Waals surface area contributed by atoms with E-state index < -0.39 is 0 Å². The number of amides is 1. The molecule has 0 saturated carbocycles. The zero-order valence-corrected chi connectivity index (χ0v) is 17.9. The van der Waals surface area contributed by atoms with Crippen molar-refractivity contribution in [1.29, 1.82) is 0 Å². The van der Waals surface area contributed by atoms with Crippen molar-refractivity contribution in [3.63, 3.8) is 0 Å². The minimum absolute atomic E-state index is 0. The number of fused-ring (bicyclic) bond motifs is 1. The Bertz CT molecular complexity index is 1060. The second-order valence-electron chi connectivity index (χ2n) is 7.41. The fourth-order valence-electron chi connectivity index (χ4n) is 3.90. The van der Waals surface area contributed by atoms with E-state index in [2.05, 4.69) is 41.5 Å². The molecule has 1 fully saturated rings. The number of carbonyl (C=O) groups is 1. The van der Waals surface area contributed by atoms with Crippen molar-refractivity contribution >= 4 is 29.2 Å². The number of aromatic nitrogens is 2. The SMILES string of the molecule is CCc1ccc(C2CNCCN2C(=O)CCn2cnc3ccccc3c2=O)cc1.Cl. The smallest absolute Gasteiger partial charge is 0.261 e. The lowest BCUT2D eigenvalue weighted by molar-refractivity contribution is -0.134. The van der Waals surface area contributed by atoms with Crippen LogP contribution in [0.5, 0.6) is 0 Å². The van der Waals surface area contributed by atoms with E-state index in [9.17, 15) is 9.59 Å². The second kappa shape index (κ2) is 9.87. The molecule has 30 heavy (non-hydrogen) atoms. The van der Waals surface area contributed by atoms with Crippen molar-refractivity contribution in [2.24, 2.45) is 0 Å². The van der Waals surface area contributed by atoms with Crippen LogP contribution >= 0.6 is 12.4 Å². The first kappa shape index (κ1) is 22.0. The molecule has 1 aromatic heterocycles. The van der Waals surface area contributed by atoms with Gasteiger partial charge >= 0.3 is 0 Å². The van der Waals surface area contributed by atoms with Gasteiger partial charge in [0.15, 0.2) is 0 Å². The molecule has 0 spiro atoms. The van der Waals surface area contributed by atoms with Crippen molar-refractivity contribution in [3.8, 4) is 0 Å². The summed E-state index contributed by atoms with van der Waals surface area (Å²) in [4.78, 5) is 31.9. The lowest BCUT2D eigenvalue weighted by Gasteiger charge is -2.36. The minimum Gasteiger partial charge on any atom is -0.333 e. The van der Waals surface area contributed by atoms with Gasteiger partial charge in [-0.25, -0.2) is 4.98 Å². The molecule has 4 rings (SSSR count). The number of para-hydroxylation sites is 1. The quantitative estimate of drug-likeness (QED) is 0.681. The fraction of sp³-hybridized carbons (Fsp3) is 0.348. The normalized spacial score (nSPS) is 16.3. The van der Waals surface area contributed by atoms with Gasteiger partial charge in [0.05, 0.1) is 23.3 Å². The zero-order chi connectivity index (χ0) is 20.2. The molecule has 0 bridgehead atoms. The average Bonchev–Trinajstić information content (AvgIpc) is 2.78. The Labute approximate surface area is 182 Å². The van der Waals surface area contributed by atoms with E-state index in [1.54, 1.807) is 6.07 Å². The Morgan fingerprint density at radius 3 is 2.70 bits per heavy atom. The van der Waals surface area contributed by atoms with Gasteiger partial charge in [0.25, 0.3) is 5.56 Å². The van der Waals surface area contributed by atoms with Crippen LogP contribution in [0.4, 0.5) is 0 Å². The van der Waals surface area contributed by atoms with Gasteiger partial charge in [-0.1, -0.05) is 43.3 Å². The number of nitrogens with one attached hydrogen (secondary N) is 1. The van der Waals surface area contributed by atoms with Gasteiger partial charge in [-0.15, -0.1) is 12.4 Å². The summed E-state index contributed by atoms with van der Waals surface area (Å²) in [5.74, 6) is 0.0659. The van der Waals surface area contributed by atoms with Crippen LogP contribution in [-0.4, -0.2) is 40.0 Å². The summed E-state index contributed by atoms with van der Waals surface area (Å²) in [5, 5.41) is 3.97. The van der Waals surface area contributed by atoms with Crippen molar-refractivity contribution in [2.45, 2.75) is 32.4 Å². The number of rotatable bonds is 5. The van der Waals surface area contributed by atoms with Crippen LogP contribution in [0.25, 0.3) is 10.9 Å². The summed E-state index contributed by atoms with van der Waals surface area (Å²) in [5.41, 5.74) is 3.01. The predicted molar refractivity (Wildman–Crippen MR) is 121 cm³/mol. The number of carbonyl (C=O) groups excluding carboxylic acids is 1. The number of hydrogen-bond donors (Lipinski definition) is 1. The van der Waals surface area contributed by atoms with Gasteiger partial charge in [0.1, 0.15) is 0 Å². The molecule has 1 N–H and O–H groups in total. The lowest BCUT2D eigenvalue weighted by Crippen LogP contribution is -2.49. The summed E-state index contributed by atoms with van der Waals surface area (Å²) in [6.45, 7) is 4.67. The Hall–Kier alpha value is -2.70. The fourth-order valence-corrected chi connectivity index (χ4v) is 3.90. The highest BCUT2D eigenvalue weighted by molar-refractivity contribution is 5.85. The molecule has 2 heterocycles. The molecule has 0 radical (unpaired) electrons. The van der Waals surface area contributed by atoms with Gasteiger partial charge < -0.3 is 10.2 Å². The highest BCUT2D eigenvalue weighted by Gasteiger charge is 2.27. The molecule has 6 nitrogen and oxygen atoms in total. The van der Waals surface area contributed by atoms with E-state index in [0.29, 0.717) is 24.0 Å². The van der Waals surface area contributed by atoms with Crippen LogP contribution in [0.2, 0.25) is 0 Å². The first-order chi connectivity index (χ1) is 14.2. The zero-order valence-electron chi connectivity index (χ0n) is 17.1. The van der Waals surface area contributed by atoms with Gasteiger partial charge in [0, 0.05) is 32.6 Å². The van der Waals surface area contributed by atoms with Gasteiger partial charge in [-0.05, 0) is 29.7 Å². The second-order valence-corrected chi connectivity index (χ2v) is 7.41. The monoisotopic (exact) mass is 426 g/mol. The molecule has 158 valence electrons. The Morgan fingerprint density at radius 2 is 1.93 bits per heavy atom. The first-order valence-corrected chi connectivity index (χ1v) is 10.2. The van der Waals surface area contributed by atoms with E-state index in [-0.39, 0.29) is 36.3 Å². The van der Waals surface area contributed by atoms with Crippen LogP contribution in [0.15, 0.2) is 59.7 Å². The third-order valence-corrected chi connectivity index (χ3v) is 5.63. The lowest BCUT2D eigenvalue weighted by atomic mass is 10.0. The summed E-state index contributed by atoms with van der Waals surface area (Å²) in [6.07, 6.45) is 2.82. The predicted octanol–water partition coefficient (Wildman–Crippen LogP) is 2.94. The Balaban J connectivity index is 0.00000256. The van der Waals surface area contributed by atoms with E-state index >= 15 is 0 Å². The van der Waals surface area contributed by atoms with Crippen LogP contribution in [0, 0.1) is 0 Å². The highest BCUT2D eigenvalue weighted by atomic mass is 35.5. The van der Waals surface area contributed by atoms with Crippen LogP contribution < -0.4 is 10.9 Å². The summed E-state index contributed by atoms with van der Waals surface area (Å²) >= 11 is 0. The molecule has 1 saturated heterocycles. The molecule has 1 atom stereocenters. The maximum absolute atomic E-state index is 13.0. The maximum Gasteiger partial charge on any atom is 0.261 e.